The number of carbonyl (C=O) groups is 1. The zero-order valence-corrected chi connectivity index (χ0v) is 15.5. The van der Waals surface area contributed by atoms with Crippen LogP contribution in [0.1, 0.15) is 37.6 Å². The SMILES string of the molecule is Cc1cc(O)cc(=O)n1CC(=O)N(C)Cc1ccc(C(C)(C)C)cc1. The van der Waals surface area contributed by atoms with Crippen LogP contribution >= 0.6 is 0 Å². The average molecular weight is 342 g/mol. The summed E-state index contributed by atoms with van der Waals surface area (Å²) < 4.78 is 1.36. The molecule has 0 aliphatic rings. The molecule has 25 heavy (non-hydrogen) atoms. The third-order valence-corrected chi connectivity index (χ3v) is 4.28. The van der Waals surface area contributed by atoms with Crippen LogP contribution < -0.4 is 5.56 Å². The minimum absolute atomic E-state index is 0.0402. The number of rotatable bonds is 4. The first-order valence-electron chi connectivity index (χ1n) is 8.32. The summed E-state index contributed by atoms with van der Waals surface area (Å²) in [5, 5.41) is 9.43. The maximum absolute atomic E-state index is 12.4. The second-order valence-electron chi connectivity index (χ2n) is 7.48. The smallest absolute Gasteiger partial charge is 0.254 e. The van der Waals surface area contributed by atoms with Gasteiger partial charge in [0.25, 0.3) is 5.56 Å². The van der Waals surface area contributed by atoms with Crippen molar-refractivity contribution in [2.75, 3.05) is 7.05 Å². The fourth-order valence-electron chi connectivity index (χ4n) is 2.64. The summed E-state index contributed by atoms with van der Waals surface area (Å²) >= 11 is 0. The van der Waals surface area contributed by atoms with E-state index in [1.807, 2.05) is 12.1 Å². The maximum atomic E-state index is 12.4. The molecule has 134 valence electrons. The van der Waals surface area contributed by atoms with Crippen molar-refractivity contribution >= 4 is 5.91 Å². The molecule has 2 aromatic rings. The summed E-state index contributed by atoms with van der Waals surface area (Å²) in [6.07, 6.45) is 0. The number of aromatic hydroxyl groups is 1. The van der Waals surface area contributed by atoms with Crippen LogP contribution in [0, 0.1) is 6.92 Å². The number of nitrogens with zero attached hydrogens (tertiary/aromatic N) is 2. The van der Waals surface area contributed by atoms with Gasteiger partial charge in [0, 0.05) is 25.4 Å². The lowest BCUT2D eigenvalue weighted by molar-refractivity contribution is -0.131. The lowest BCUT2D eigenvalue weighted by atomic mass is 9.87. The molecule has 0 radical (unpaired) electrons. The van der Waals surface area contributed by atoms with Gasteiger partial charge in [0.15, 0.2) is 0 Å². The minimum atomic E-state index is -0.381. The summed E-state index contributed by atoms with van der Waals surface area (Å²) in [7, 11) is 1.72. The number of likely N-dealkylation sites (N-methyl/N-ethyl adjacent to an activating group) is 1. The highest BCUT2D eigenvalue weighted by atomic mass is 16.3. The van der Waals surface area contributed by atoms with Crippen molar-refractivity contribution in [2.45, 2.75) is 46.2 Å². The van der Waals surface area contributed by atoms with Crippen LogP contribution in [0.3, 0.4) is 0 Å². The lowest BCUT2D eigenvalue weighted by Gasteiger charge is -2.21. The molecule has 0 unspecified atom stereocenters. The Labute approximate surface area is 148 Å². The molecule has 5 heteroatoms. The maximum Gasteiger partial charge on any atom is 0.254 e. The molecular formula is C20H26N2O3. The molecule has 1 aromatic heterocycles. The van der Waals surface area contributed by atoms with Crippen LogP contribution in [0.25, 0.3) is 0 Å². The number of pyridine rings is 1. The van der Waals surface area contributed by atoms with Crippen LogP contribution in [-0.4, -0.2) is 27.5 Å². The van der Waals surface area contributed by atoms with E-state index in [2.05, 4.69) is 32.9 Å². The fraction of sp³-hybridized carbons (Fsp3) is 0.400. The number of aromatic nitrogens is 1. The number of amides is 1. The highest BCUT2D eigenvalue weighted by Crippen LogP contribution is 2.22. The molecule has 5 nitrogen and oxygen atoms in total. The van der Waals surface area contributed by atoms with Crippen molar-refractivity contribution in [3.63, 3.8) is 0 Å². The molecule has 1 N–H and O–H groups in total. The number of benzene rings is 1. The highest BCUT2D eigenvalue weighted by molar-refractivity contribution is 5.75. The van der Waals surface area contributed by atoms with Crippen molar-refractivity contribution in [3.05, 3.63) is 63.6 Å². The number of hydrogen-bond donors (Lipinski definition) is 1. The number of carbonyl (C=O) groups excluding carboxylic acids is 1. The monoisotopic (exact) mass is 342 g/mol. The zero-order chi connectivity index (χ0) is 18.8. The Morgan fingerprint density at radius 2 is 1.76 bits per heavy atom. The molecule has 0 saturated carbocycles. The Bertz CT molecular complexity index is 814. The van der Waals surface area contributed by atoms with Gasteiger partial charge in [-0.3, -0.25) is 9.59 Å². The van der Waals surface area contributed by atoms with E-state index in [9.17, 15) is 14.7 Å². The van der Waals surface area contributed by atoms with Gasteiger partial charge in [-0.25, -0.2) is 0 Å². The second kappa shape index (κ2) is 7.13. The largest absolute Gasteiger partial charge is 0.508 e. The standard InChI is InChI=1S/C20H26N2O3/c1-14-10-17(23)11-18(24)22(14)13-19(25)21(5)12-15-6-8-16(9-7-15)20(2,3)4/h6-11,23H,12-13H2,1-5H3. The van der Waals surface area contributed by atoms with Gasteiger partial charge in [0.05, 0.1) is 0 Å². The molecule has 0 fully saturated rings. The van der Waals surface area contributed by atoms with Gasteiger partial charge < -0.3 is 14.6 Å². The Morgan fingerprint density at radius 3 is 2.28 bits per heavy atom. The summed E-state index contributed by atoms with van der Waals surface area (Å²) in [5.74, 6) is -0.241. The predicted molar refractivity (Wildman–Crippen MR) is 98.7 cm³/mol. The number of hydrogen-bond acceptors (Lipinski definition) is 3. The first kappa shape index (κ1) is 18.8. The van der Waals surface area contributed by atoms with Gasteiger partial charge in [0.2, 0.25) is 5.91 Å². The predicted octanol–water partition coefficient (Wildman–Crippen LogP) is 2.82. The van der Waals surface area contributed by atoms with Gasteiger partial charge in [-0.15, -0.1) is 0 Å². The van der Waals surface area contributed by atoms with E-state index in [1.54, 1.807) is 18.9 Å². The van der Waals surface area contributed by atoms with E-state index < -0.39 is 0 Å². The first-order chi connectivity index (χ1) is 11.6. The zero-order valence-electron chi connectivity index (χ0n) is 15.5. The summed E-state index contributed by atoms with van der Waals surface area (Å²) in [4.78, 5) is 26.0. The minimum Gasteiger partial charge on any atom is -0.508 e. The summed E-state index contributed by atoms with van der Waals surface area (Å²) in [5.41, 5.74) is 2.56. The Morgan fingerprint density at radius 1 is 1.16 bits per heavy atom. The average Bonchev–Trinajstić information content (AvgIpc) is 2.50. The topological polar surface area (TPSA) is 62.5 Å². The lowest BCUT2D eigenvalue weighted by Crippen LogP contribution is -2.34. The highest BCUT2D eigenvalue weighted by Gasteiger charge is 2.15. The van der Waals surface area contributed by atoms with Crippen LogP contribution in [0.4, 0.5) is 0 Å². The molecule has 1 aromatic carbocycles. The second-order valence-corrected chi connectivity index (χ2v) is 7.48. The van der Waals surface area contributed by atoms with Crippen molar-refractivity contribution in [3.8, 4) is 5.75 Å². The number of aryl methyl sites for hydroxylation is 1. The van der Waals surface area contributed by atoms with Crippen molar-refractivity contribution in [2.24, 2.45) is 0 Å². The summed E-state index contributed by atoms with van der Waals surface area (Å²) in [6, 6.07) is 10.8. The van der Waals surface area contributed by atoms with E-state index in [4.69, 9.17) is 0 Å². The molecule has 0 spiro atoms. The molecule has 0 atom stereocenters. The van der Waals surface area contributed by atoms with Gasteiger partial charge >= 0.3 is 0 Å². The van der Waals surface area contributed by atoms with E-state index >= 15 is 0 Å². The van der Waals surface area contributed by atoms with E-state index in [1.165, 1.54) is 16.2 Å². The van der Waals surface area contributed by atoms with E-state index in [0.29, 0.717) is 12.2 Å². The Balaban J connectivity index is 2.07. The Kier molecular flexibility index (Phi) is 5.36. The van der Waals surface area contributed by atoms with E-state index in [-0.39, 0.29) is 29.2 Å². The first-order valence-corrected chi connectivity index (χ1v) is 8.32. The molecule has 0 aliphatic carbocycles. The molecule has 0 bridgehead atoms. The van der Waals surface area contributed by atoms with Crippen molar-refractivity contribution in [1.82, 2.24) is 9.47 Å². The van der Waals surface area contributed by atoms with Crippen LogP contribution in [-0.2, 0) is 23.3 Å². The molecule has 2 rings (SSSR count). The van der Waals surface area contributed by atoms with Gasteiger partial charge in [0.1, 0.15) is 12.3 Å². The third kappa shape index (κ3) is 4.72. The molecule has 0 aliphatic heterocycles. The quantitative estimate of drug-likeness (QED) is 0.929. The summed E-state index contributed by atoms with van der Waals surface area (Å²) in [6.45, 7) is 8.62. The van der Waals surface area contributed by atoms with Crippen LogP contribution in [0.5, 0.6) is 5.75 Å². The third-order valence-electron chi connectivity index (χ3n) is 4.28. The fourth-order valence-corrected chi connectivity index (χ4v) is 2.64. The van der Waals surface area contributed by atoms with Crippen LogP contribution in [0.2, 0.25) is 0 Å². The normalized spacial score (nSPS) is 11.4. The van der Waals surface area contributed by atoms with Crippen molar-refractivity contribution < 1.29 is 9.90 Å². The van der Waals surface area contributed by atoms with Crippen LogP contribution in [0.15, 0.2) is 41.2 Å². The van der Waals surface area contributed by atoms with Gasteiger partial charge in [-0.2, -0.15) is 0 Å². The molecule has 1 heterocycles. The van der Waals surface area contributed by atoms with Gasteiger partial charge in [-0.05, 0) is 29.5 Å². The van der Waals surface area contributed by atoms with Gasteiger partial charge in [-0.1, -0.05) is 45.0 Å². The Hall–Kier alpha value is -2.56. The molecule has 1 amide bonds. The van der Waals surface area contributed by atoms with E-state index in [0.717, 1.165) is 11.6 Å². The van der Waals surface area contributed by atoms with Crippen molar-refractivity contribution in [1.29, 1.82) is 0 Å². The molecule has 0 saturated heterocycles. The molecular weight excluding hydrogens is 316 g/mol.